The molecule has 5 aromatic rings. The average molecular weight is 477 g/mol. The first-order valence-corrected chi connectivity index (χ1v) is 10.7. The highest BCUT2D eigenvalue weighted by Crippen LogP contribution is 2.37. The number of para-hydroxylation sites is 1. The third kappa shape index (κ3) is 3.30. The number of azo groups is 1. The highest BCUT2D eigenvalue weighted by molar-refractivity contribution is 9.10. The van der Waals surface area contributed by atoms with Gasteiger partial charge >= 0.3 is 0 Å². The molecule has 0 fully saturated rings. The number of rotatable bonds is 3. The number of thiophene rings is 1. The summed E-state index contributed by atoms with van der Waals surface area (Å²) in [5.74, 6) is -0.645. The summed E-state index contributed by atoms with van der Waals surface area (Å²) in [4.78, 5) is 21.5. The van der Waals surface area contributed by atoms with E-state index in [1.165, 1.54) is 0 Å². The largest absolute Gasteiger partial charge is 0.493 e. The molecule has 0 unspecified atom stereocenters. The van der Waals surface area contributed by atoms with E-state index in [4.69, 9.17) is 0 Å². The number of pyridine rings is 1. The molecule has 0 bridgehead atoms. The molecule has 0 aliphatic rings. The van der Waals surface area contributed by atoms with Gasteiger partial charge in [-0.05, 0) is 41.8 Å². The molecule has 1 amide bonds. The topological polar surface area (TPSA) is 90.7 Å². The summed E-state index contributed by atoms with van der Waals surface area (Å²) in [6.45, 7) is 0. The maximum absolute atomic E-state index is 13.0. The van der Waals surface area contributed by atoms with Crippen LogP contribution in [0.15, 0.2) is 80.7 Å². The summed E-state index contributed by atoms with van der Waals surface area (Å²) in [5.41, 5.74) is 2.75. The summed E-state index contributed by atoms with van der Waals surface area (Å²) >= 11 is 4.96. The fourth-order valence-electron chi connectivity index (χ4n) is 3.29. The number of hydrogen-bond donors (Lipinski definition) is 2. The molecule has 0 spiro atoms. The second kappa shape index (κ2) is 7.47. The van der Waals surface area contributed by atoms with Gasteiger partial charge in [0, 0.05) is 15.2 Å². The fourth-order valence-corrected chi connectivity index (χ4v) is 4.34. The Balaban J connectivity index is 1.60. The molecule has 0 atom stereocenters. The average Bonchev–Trinajstić information content (AvgIpc) is 3.39. The maximum atomic E-state index is 13.0. The van der Waals surface area contributed by atoms with E-state index >= 15 is 0 Å². The number of aromatic hydroxyl groups is 1. The third-order valence-electron chi connectivity index (χ3n) is 4.68. The highest BCUT2D eigenvalue weighted by atomic mass is 79.9. The molecular formula is C22H13BrN4O2S. The second-order valence-corrected chi connectivity index (χ2v) is 8.43. The first-order valence-electron chi connectivity index (χ1n) is 9.00. The lowest BCUT2D eigenvalue weighted by Gasteiger charge is -2.05. The molecule has 5 rings (SSSR count). The zero-order valence-electron chi connectivity index (χ0n) is 15.3. The number of nitrogens with zero attached hydrogens (tertiary/aromatic N) is 3. The number of benzene rings is 2. The summed E-state index contributed by atoms with van der Waals surface area (Å²) < 4.78 is 0.831. The van der Waals surface area contributed by atoms with Gasteiger partial charge in [0.1, 0.15) is 0 Å². The molecule has 0 aliphatic carbocycles. The van der Waals surface area contributed by atoms with Gasteiger partial charge < -0.3 is 10.1 Å². The quantitative estimate of drug-likeness (QED) is 0.279. The monoisotopic (exact) mass is 476 g/mol. The van der Waals surface area contributed by atoms with Crippen LogP contribution in [0.1, 0.15) is 10.4 Å². The van der Waals surface area contributed by atoms with Crippen LogP contribution in [0.3, 0.4) is 0 Å². The summed E-state index contributed by atoms with van der Waals surface area (Å²) in [6.07, 6.45) is 0. The van der Waals surface area contributed by atoms with Crippen molar-refractivity contribution >= 4 is 60.7 Å². The first-order chi connectivity index (χ1) is 14.6. The van der Waals surface area contributed by atoms with E-state index in [2.05, 4.69) is 36.1 Å². The minimum Gasteiger partial charge on any atom is -0.493 e. The zero-order chi connectivity index (χ0) is 20.7. The van der Waals surface area contributed by atoms with Gasteiger partial charge in [-0.25, -0.2) is 4.98 Å². The minimum absolute atomic E-state index is 0.140. The SMILES string of the molecule is O=C(N=Nc1c(O)[nH]c2ccc(Br)cc12)c1cc(-c2cccs2)nc2ccccc12. The van der Waals surface area contributed by atoms with Crippen molar-refractivity contribution in [3.63, 3.8) is 0 Å². The van der Waals surface area contributed by atoms with Gasteiger partial charge in [-0.15, -0.1) is 21.6 Å². The number of nitrogens with one attached hydrogen (secondary N) is 1. The summed E-state index contributed by atoms with van der Waals surface area (Å²) in [6, 6.07) is 18.5. The molecule has 6 nitrogen and oxygen atoms in total. The number of carbonyl (C=O) groups excluding carboxylic acids is 1. The molecular weight excluding hydrogens is 464 g/mol. The van der Waals surface area contributed by atoms with E-state index < -0.39 is 5.91 Å². The van der Waals surface area contributed by atoms with Crippen LogP contribution >= 0.6 is 27.3 Å². The van der Waals surface area contributed by atoms with Crippen molar-refractivity contribution in [3.05, 3.63) is 76.1 Å². The van der Waals surface area contributed by atoms with Gasteiger partial charge in [-0.1, -0.05) is 40.2 Å². The Morgan fingerprint density at radius 3 is 2.77 bits per heavy atom. The van der Waals surface area contributed by atoms with Crippen molar-refractivity contribution in [1.82, 2.24) is 9.97 Å². The Bertz CT molecular complexity index is 1440. The first kappa shape index (κ1) is 18.7. The van der Waals surface area contributed by atoms with Crippen molar-refractivity contribution in [2.75, 3.05) is 0 Å². The molecule has 146 valence electrons. The van der Waals surface area contributed by atoms with Crippen LogP contribution in [-0.2, 0) is 0 Å². The highest BCUT2D eigenvalue weighted by Gasteiger charge is 2.16. The lowest BCUT2D eigenvalue weighted by molar-refractivity contribution is 0.0996. The Morgan fingerprint density at radius 2 is 1.93 bits per heavy atom. The molecule has 3 aromatic heterocycles. The van der Waals surface area contributed by atoms with Gasteiger partial charge in [0.05, 0.1) is 27.2 Å². The number of aromatic amines is 1. The van der Waals surface area contributed by atoms with E-state index in [-0.39, 0.29) is 11.6 Å². The number of amides is 1. The van der Waals surface area contributed by atoms with Crippen molar-refractivity contribution in [2.24, 2.45) is 10.2 Å². The van der Waals surface area contributed by atoms with Crippen molar-refractivity contribution < 1.29 is 9.90 Å². The molecule has 0 saturated heterocycles. The van der Waals surface area contributed by atoms with Crippen molar-refractivity contribution in [3.8, 4) is 16.5 Å². The van der Waals surface area contributed by atoms with Gasteiger partial charge in [-0.2, -0.15) is 0 Å². The molecule has 0 radical (unpaired) electrons. The van der Waals surface area contributed by atoms with Crippen molar-refractivity contribution in [1.29, 1.82) is 0 Å². The van der Waals surface area contributed by atoms with Crippen LogP contribution in [0, 0.1) is 0 Å². The molecule has 2 aromatic carbocycles. The number of fused-ring (bicyclic) bond motifs is 2. The molecule has 8 heteroatoms. The molecule has 3 heterocycles. The Hall–Kier alpha value is -3.36. The Morgan fingerprint density at radius 1 is 1.07 bits per heavy atom. The normalized spacial score (nSPS) is 11.6. The maximum Gasteiger partial charge on any atom is 0.296 e. The van der Waals surface area contributed by atoms with Gasteiger partial charge in [0.15, 0.2) is 5.69 Å². The van der Waals surface area contributed by atoms with Crippen LogP contribution in [0.2, 0.25) is 0 Å². The Kier molecular flexibility index (Phi) is 4.65. The van der Waals surface area contributed by atoms with E-state index in [1.54, 1.807) is 23.5 Å². The molecule has 30 heavy (non-hydrogen) atoms. The van der Waals surface area contributed by atoms with Gasteiger partial charge in [0.25, 0.3) is 5.91 Å². The van der Waals surface area contributed by atoms with Crippen LogP contribution in [0.5, 0.6) is 5.88 Å². The van der Waals surface area contributed by atoms with Crippen LogP contribution in [-0.4, -0.2) is 21.0 Å². The zero-order valence-corrected chi connectivity index (χ0v) is 17.7. The smallest absolute Gasteiger partial charge is 0.296 e. The number of H-pyrrole nitrogens is 1. The minimum atomic E-state index is -0.504. The second-order valence-electron chi connectivity index (χ2n) is 6.57. The van der Waals surface area contributed by atoms with Crippen LogP contribution in [0.25, 0.3) is 32.4 Å². The summed E-state index contributed by atoms with van der Waals surface area (Å²) in [5, 5.41) is 21.5. The van der Waals surface area contributed by atoms with E-state index in [0.717, 1.165) is 9.35 Å². The predicted molar refractivity (Wildman–Crippen MR) is 122 cm³/mol. The number of halogens is 1. The lowest BCUT2D eigenvalue weighted by Crippen LogP contribution is -1.98. The Labute approximate surface area is 183 Å². The molecule has 0 aliphatic heterocycles. The van der Waals surface area contributed by atoms with E-state index in [9.17, 15) is 9.90 Å². The fraction of sp³-hybridized carbons (Fsp3) is 0. The number of carbonyl (C=O) groups is 1. The van der Waals surface area contributed by atoms with E-state index in [1.807, 2.05) is 53.9 Å². The van der Waals surface area contributed by atoms with Gasteiger partial charge in [0.2, 0.25) is 5.88 Å². The van der Waals surface area contributed by atoms with Crippen molar-refractivity contribution in [2.45, 2.75) is 0 Å². The third-order valence-corrected chi connectivity index (χ3v) is 6.06. The standard InChI is InChI=1S/C22H13BrN4O2S/c23-12-7-8-17-15(10-12)20(22(29)25-17)26-27-21(28)14-11-18(19-6-3-9-30-19)24-16-5-2-1-4-13(14)16/h1-11,25,29H. The van der Waals surface area contributed by atoms with Gasteiger partial charge in [-0.3, -0.25) is 4.79 Å². The number of aromatic nitrogens is 2. The summed E-state index contributed by atoms with van der Waals surface area (Å²) in [7, 11) is 0. The molecule has 0 saturated carbocycles. The molecule has 2 N–H and O–H groups in total. The predicted octanol–water partition coefficient (Wildman–Crippen LogP) is 6.84. The number of hydrogen-bond acceptors (Lipinski definition) is 5. The van der Waals surface area contributed by atoms with E-state index in [0.29, 0.717) is 33.1 Å². The van der Waals surface area contributed by atoms with Crippen LogP contribution < -0.4 is 0 Å². The lowest BCUT2D eigenvalue weighted by atomic mass is 10.1. The van der Waals surface area contributed by atoms with Crippen LogP contribution in [0.4, 0.5) is 5.69 Å².